The first-order chi connectivity index (χ1) is 29.5. The van der Waals surface area contributed by atoms with Gasteiger partial charge in [0.15, 0.2) is 0 Å². The standard InChI is InChI=1S/C46H87N7O11/c1-15-36(54)50-31-35(51-37(55)16-2)38(56)47-26-20-18-17-19-25-34(32-52(41(59)63-45(9,10)11)29-23-21-27-48-39(57)61-43(3,4)5)33-53(42(60)64-46(12,13)14)30-24-22-28-49-40(58)62-44(6,7)8/h34-35H,15-33H2,1-14H3,(H,47,56)(H,48,57)(H,49,58)(H,50,54)(H,51,55). The number of carbonyl (C=O) groups excluding carboxylic acids is 7. The van der Waals surface area contributed by atoms with Gasteiger partial charge in [-0.3, -0.25) is 14.4 Å². The third-order valence-electron chi connectivity index (χ3n) is 8.94. The maximum absolute atomic E-state index is 13.7. The van der Waals surface area contributed by atoms with Crippen LogP contribution in [0.3, 0.4) is 0 Å². The van der Waals surface area contributed by atoms with Gasteiger partial charge >= 0.3 is 24.4 Å². The van der Waals surface area contributed by atoms with Crippen molar-refractivity contribution in [3.8, 4) is 0 Å². The molecule has 0 radical (unpaired) electrons. The number of nitrogens with zero attached hydrogens (tertiary/aromatic N) is 2. The summed E-state index contributed by atoms with van der Waals surface area (Å²) in [6.07, 6.45) is 4.49. The number of ether oxygens (including phenoxy) is 4. The number of amides is 7. The van der Waals surface area contributed by atoms with E-state index in [1.54, 1.807) is 107 Å². The molecule has 64 heavy (non-hydrogen) atoms. The zero-order chi connectivity index (χ0) is 49.1. The molecule has 5 N–H and O–H groups in total. The highest BCUT2D eigenvalue weighted by molar-refractivity contribution is 5.88. The molecule has 7 amide bonds. The SMILES string of the molecule is CCC(=O)NCC(NC(=O)CC)C(=O)NCCCCCCC(CN(CCCCNC(=O)OC(C)(C)C)C(=O)OC(C)(C)C)CN(CCCCNC(=O)OC(C)(C)C)C(=O)OC(C)(C)C. The minimum absolute atomic E-state index is 0.00178. The number of hydrogen-bond donors (Lipinski definition) is 5. The van der Waals surface area contributed by atoms with Crippen molar-refractivity contribution in [2.75, 3.05) is 52.4 Å². The maximum Gasteiger partial charge on any atom is 0.410 e. The van der Waals surface area contributed by atoms with Crippen molar-refractivity contribution >= 4 is 42.1 Å². The molecule has 0 heterocycles. The number of rotatable bonds is 27. The van der Waals surface area contributed by atoms with Crippen molar-refractivity contribution in [1.29, 1.82) is 0 Å². The minimum Gasteiger partial charge on any atom is -0.444 e. The van der Waals surface area contributed by atoms with Crippen molar-refractivity contribution in [3.63, 3.8) is 0 Å². The lowest BCUT2D eigenvalue weighted by Crippen LogP contribution is -2.52. The Morgan fingerprint density at radius 3 is 1.27 bits per heavy atom. The third kappa shape index (κ3) is 33.1. The Bertz CT molecular complexity index is 1360. The molecule has 0 fully saturated rings. The molecule has 0 bridgehead atoms. The van der Waals surface area contributed by atoms with Gasteiger partial charge in [0.25, 0.3) is 0 Å². The van der Waals surface area contributed by atoms with Gasteiger partial charge in [0.1, 0.15) is 28.4 Å². The van der Waals surface area contributed by atoms with Crippen LogP contribution in [-0.4, -0.2) is 133 Å². The molecule has 0 spiro atoms. The van der Waals surface area contributed by atoms with Crippen LogP contribution in [0.25, 0.3) is 0 Å². The van der Waals surface area contributed by atoms with Gasteiger partial charge in [-0.25, -0.2) is 19.2 Å². The van der Waals surface area contributed by atoms with E-state index in [2.05, 4.69) is 26.6 Å². The lowest BCUT2D eigenvalue weighted by atomic mass is 9.98. The van der Waals surface area contributed by atoms with Crippen LogP contribution < -0.4 is 26.6 Å². The second-order valence-electron chi connectivity index (χ2n) is 20.1. The van der Waals surface area contributed by atoms with E-state index in [9.17, 15) is 33.6 Å². The van der Waals surface area contributed by atoms with Gasteiger partial charge in [0, 0.05) is 65.2 Å². The summed E-state index contributed by atoms with van der Waals surface area (Å²) in [4.78, 5) is 92.0. The smallest absolute Gasteiger partial charge is 0.410 e. The molecule has 0 aromatic heterocycles. The largest absolute Gasteiger partial charge is 0.444 e. The quantitative estimate of drug-likeness (QED) is 0.0410. The van der Waals surface area contributed by atoms with E-state index in [1.165, 1.54) is 0 Å². The fourth-order valence-electron chi connectivity index (χ4n) is 5.99. The van der Waals surface area contributed by atoms with Gasteiger partial charge in [-0.15, -0.1) is 0 Å². The number of hydrogen-bond acceptors (Lipinski definition) is 11. The summed E-state index contributed by atoms with van der Waals surface area (Å²) in [6.45, 7) is 27.4. The number of unbranched alkanes of at least 4 members (excludes halogenated alkanes) is 5. The van der Waals surface area contributed by atoms with Crippen LogP contribution in [0, 0.1) is 5.92 Å². The highest BCUT2D eigenvalue weighted by Gasteiger charge is 2.29. The van der Waals surface area contributed by atoms with Crippen molar-refractivity contribution in [1.82, 2.24) is 36.4 Å². The normalized spacial score (nSPS) is 12.4. The van der Waals surface area contributed by atoms with Crippen LogP contribution in [0.2, 0.25) is 0 Å². The van der Waals surface area contributed by atoms with Crippen molar-refractivity contribution in [2.24, 2.45) is 5.92 Å². The van der Waals surface area contributed by atoms with Crippen LogP contribution in [0.5, 0.6) is 0 Å². The first-order valence-electron chi connectivity index (χ1n) is 23.3. The van der Waals surface area contributed by atoms with Crippen LogP contribution in [-0.2, 0) is 33.3 Å². The molecule has 0 rings (SSSR count). The Morgan fingerprint density at radius 2 is 0.859 bits per heavy atom. The molecule has 0 aromatic carbocycles. The fraction of sp³-hybridized carbons (Fsp3) is 0.848. The van der Waals surface area contributed by atoms with E-state index < -0.39 is 52.8 Å². The molecule has 0 aliphatic carbocycles. The topological polar surface area (TPSA) is 223 Å². The van der Waals surface area contributed by atoms with Gasteiger partial charge in [-0.1, -0.05) is 33.1 Å². The Hall–Kier alpha value is -4.51. The van der Waals surface area contributed by atoms with E-state index in [-0.39, 0.29) is 43.0 Å². The average molecular weight is 914 g/mol. The lowest BCUT2D eigenvalue weighted by Gasteiger charge is -2.34. The number of carbonyl (C=O) groups is 7. The fourth-order valence-corrected chi connectivity index (χ4v) is 5.99. The van der Waals surface area contributed by atoms with Crippen LogP contribution in [0.1, 0.15) is 168 Å². The summed E-state index contributed by atoms with van der Waals surface area (Å²) < 4.78 is 22.4. The summed E-state index contributed by atoms with van der Waals surface area (Å²) in [5.41, 5.74) is -2.75. The maximum atomic E-state index is 13.7. The number of nitrogens with one attached hydrogen (secondary N) is 5. The second-order valence-corrected chi connectivity index (χ2v) is 20.1. The monoisotopic (exact) mass is 914 g/mol. The van der Waals surface area contributed by atoms with Crippen LogP contribution in [0.15, 0.2) is 0 Å². The summed E-state index contributed by atoms with van der Waals surface area (Å²) in [5.74, 6) is -1.06. The molecule has 0 aliphatic rings. The average Bonchev–Trinajstić information content (AvgIpc) is 3.14. The van der Waals surface area contributed by atoms with Gasteiger partial charge in [0.05, 0.1) is 0 Å². The van der Waals surface area contributed by atoms with E-state index in [0.29, 0.717) is 84.3 Å². The molecular formula is C46H87N7O11. The summed E-state index contributed by atoms with van der Waals surface area (Å²) in [5, 5.41) is 13.7. The molecule has 1 unspecified atom stereocenters. The second kappa shape index (κ2) is 29.8. The summed E-state index contributed by atoms with van der Waals surface area (Å²) in [7, 11) is 0. The molecule has 0 aliphatic heterocycles. The van der Waals surface area contributed by atoms with Crippen molar-refractivity contribution < 1.29 is 52.5 Å². The molecule has 18 heteroatoms. The van der Waals surface area contributed by atoms with Crippen LogP contribution in [0.4, 0.5) is 19.2 Å². The summed E-state index contributed by atoms with van der Waals surface area (Å²) in [6, 6.07) is -0.882. The molecule has 372 valence electrons. The van der Waals surface area contributed by atoms with E-state index >= 15 is 0 Å². The highest BCUT2D eigenvalue weighted by Crippen LogP contribution is 2.20. The van der Waals surface area contributed by atoms with E-state index in [4.69, 9.17) is 18.9 Å². The van der Waals surface area contributed by atoms with Crippen LogP contribution >= 0.6 is 0 Å². The van der Waals surface area contributed by atoms with Crippen molar-refractivity contribution in [2.45, 2.75) is 196 Å². The Labute approximate surface area is 384 Å². The molecule has 0 aromatic rings. The zero-order valence-electron chi connectivity index (χ0n) is 42.0. The minimum atomic E-state index is -0.882. The van der Waals surface area contributed by atoms with Gasteiger partial charge in [-0.05, 0) is 128 Å². The Kier molecular flexibility index (Phi) is 27.7. The van der Waals surface area contributed by atoms with Gasteiger partial charge < -0.3 is 55.3 Å². The predicted molar refractivity (Wildman–Crippen MR) is 248 cm³/mol. The molecule has 18 nitrogen and oxygen atoms in total. The first kappa shape index (κ1) is 59.5. The first-order valence-corrected chi connectivity index (χ1v) is 23.3. The van der Waals surface area contributed by atoms with Gasteiger partial charge in [-0.2, -0.15) is 0 Å². The third-order valence-corrected chi connectivity index (χ3v) is 8.94. The molecule has 0 saturated heterocycles. The van der Waals surface area contributed by atoms with E-state index in [0.717, 1.165) is 19.3 Å². The highest BCUT2D eigenvalue weighted by atomic mass is 16.6. The molecule has 0 saturated carbocycles. The lowest BCUT2D eigenvalue weighted by molar-refractivity contribution is -0.129. The zero-order valence-corrected chi connectivity index (χ0v) is 42.0. The number of alkyl carbamates (subject to hydrolysis) is 2. The van der Waals surface area contributed by atoms with E-state index in [1.807, 2.05) is 0 Å². The summed E-state index contributed by atoms with van der Waals surface area (Å²) >= 11 is 0. The van der Waals surface area contributed by atoms with Crippen molar-refractivity contribution in [3.05, 3.63) is 0 Å². The molecule has 1 atom stereocenters. The van der Waals surface area contributed by atoms with Gasteiger partial charge in [0.2, 0.25) is 17.7 Å². The Morgan fingerprint density at radius 1 is 0.469 bits per heavy atom. The predicted octanol–water partition coefficient (Wildman–Crippen LogP) is 7.17. The molecular weight excluding hydrogens is 827 g/mol. The Balaban J connectivity index is 6.07.